The molecule has 0 aliphatic heterocycles. The number of hydrogen-bond donors (Lipinski definition) is 1. The van der Waals surface area contributed by atoms with Crippen LogP contribution >= 0.6 is 0 Å². The number of rotatable bonds is 6. The fraction of sp³-hybridized carbons (Fsp3) is 0.421. The largest absolute Gasteiger partial charge is 0.388 e. The SMILES string of the molecule is CCN(C=O)/C(CO)=N\N(C)c1cc2c(C(C)C)cn(C)c(=O)c2cc1F. The number of amides is 1. The number of likely N-dealkylation sites (N-methyl/N-ethyl adjacent to an activating group) is 1. The summed E-state index contributed by atoms with van der Waals surface area (Å²) in [6.45, 7) is 5.59. The summed E-state index contributed by atoms with van der Waals surface area (Å²) in [4.78, 5) is 24.7. The van der Waals surface area contributed by atoms with Crippen LogP contribution < -0.4 is 10.6 Å². The summed E-state index contributed by atoms with van der Waals surface area (Å²) in [5, 5.41) is 15.9. The minimum Gasteiger partial charge on any atom is -0.388 e. The number of carbonyl (C=O) groups excluding carboxylic acids is 1. The van der Waals surface area contributed by atoms with E-state index in [1.165, 1.54) is 27.6 Å². The van der Waals surface area contributed by atoms with Gasteiger partial charge in [-0.2, -0.15) is 5.10 Å². The van der Waals surface area contributed by atoms with Crippen molar-refractivity contribution in [3.63, 3.8) is 0 Å². The molecule has 0 aliphatic rings. The van der Waals surface area contributed by atoms with E-state index in [9.17, 15) is 19.1 Å². The molecule has 1 N–H and O–H groups in total. The van der Waals surface area contributed by atoms with Gasteiger partial charge in [0.05, 0.1) is 11.1 Å². The lowest BCUT2D eigenvalue weighted by molar-refractivity contribution is -0.114. The number of aliphatic hydroxyl groups is 1. The first-order chi connectivity index (χ1) is 12.7. The first kappa shape index (κ1) is 20.6. The fourth-order valence-corrected chi connectivity index (χ4v) is 2.94. The summed E-state index contributed by atoms with van der Waals surface area (Å²) in [6.07, 6.45) is 2.31. The third-order valence-corrected chi connectivity index (χ3v) is 4.46. The number of hydrazone groups is 1. The van der Waals surface area contributed by atoms with Crippen LogP contribution in [0, 0.1) is 5.82 Å². The van der Waals surface area contributed by atoms with Crippen molar-refractivity contribution < 1.29 is 14.3 Å². The maximum absolute atomic E-state index is 14.7. The number of carbonyl (C=O) groups is 1. The normalized spacial score (nSPS) is 11.9. The zero-order valence-corrected chi connectivity index (χ0v) is 16.2. The molecule has 0 unspecified atom stereocenters. The van der Waals surface area contributed by atoms with E-state index in [-0.39, 0.29) is 23.0 Å². The maximum Gasteiger partial charge on any atom is 0.258 e. The van der Waals surface area contributed by atoms with Crippen LogP contribution in [0.2, 0.25) is 0 Å². The Bertz CT molecular complexity index is 937. The first-order valence-corrected chi connectivity index (χ1v) is 8.71. The van der Waals surface area contributed by atoms with Crippen molar-refractivity contribution in [1.82, 2.24) is 9.47 Å². The van der Waals surface area contributed by atoms with Crippen molar-refractivity contribution in [2.45, 2.75) is 26.7 Å². The lowest BCUT2D eigenvalue weighted by Crippen LogP contribution is -2.34. The number of anilines is 1. The first-order valence-electron chi connectivity index (χ1n) is 8.71. The van der Waals surface area contributed by atoms with Crippen LogP contribution in [-0.2, 0) is 11.8 Å². The van der Waals surface area contributed by atoms with Gasteiger partial charge in [-0.1, -0.05) is 13.8 Å². The average molecular weight is 376 g/mol. The molecule has 0 aliphatic carbocycles. The number of halogens is 1. The number of hydrogen-bond acceptors (Lipinski definition) is 5. The summed E-state index contributed by atoms with van der Waals surface area (Å²) >= 11 is 0. The smallest absolute Gasteiger partial charge is 0.258 e. The van der Waals surface area contributed by atoms with E-state index in [0.29, 0.717) is 23.7 Å². The van der Waals surface area contributed by atoms with Gasteiger partial charge in [0.25, 0.3) is 5.56 Å². The molecule has 27 heavy (non-hydrogen) atoms. The van der Waals surface area contributed by atoms with Crippen LogP contribution in [0.15, 0.2) is 28.2 Å². The molecule has 0 atom stereocenters. The van der Waals surface area contributed by atoms with Crippen molar-refractivity contribution in [3.8, 4) is 0 Å². The fourth-order valence-electron chi connectivity index (χ4n) is 2.94. The Balaban J connectivity index is 2.67. The molecule has 8 heteroatoms. The van der Waals surface area contributed by atoms with Crippen LogP contribution in [0.25, 0.3) is 10.8 Å². The van der Waals surface area contributed by atoms with Crippen molar-refractivity contribution in [1.29, 1.82) is 0 Å². The zero-order chi connectivity index (χ0) is 20.3. The van der Waals surface area contributed by atoms with Gasteiger partial charge in [-0.05, 0) is 35.9 Å². The number of benzene rings is 1. The van der Waals surface area contributed by atoms with Gasteiger partial charge in [0.15, 0.2) is 5.84 Å². The van der Waals surface area contributed by atoms with E-state index in [4.69, 9.17) is 0 Å². The molecule has 2 rings (SSSR count). The molecule has 7 nitrogen and oxygen atoms in total. The van der Waals surface area contributed by atoms with Crippen LogP contribution in [0.3, 0.4) is 0 Å². The Hall–Kier alpha value is -2.74. The number of nitrogens with zero attached hydrogens (tertiary/aromatic N) is 4. The van der Waals surface area contributed by atoms with E-state index >= 15 is 0 Å². The van der Waals surface area contributed by atoms with E-state index in [1.807, 2.05) is 13.8 Å². The number of aromatic nitrogens is 1. The molecule has 0 radical (unpaired) electrons. The molecule has 0 bridgehead atoms. The predicted octanol–water partition coefficient (Wildman–Crippen LogP) is 2.02. The van der Waals surface area contributed by atoms with Crippen LogP contribution in [-0.4, -0.2) is 47.0 Å². The number of amidine groups is 1. The van der Waals surface area contributed by atoms with E-state index < -0.39 is 12.4 Å². The molecule has 0 saturated heterocycles. The zero-order valence-electron chi connectivity index (χ0n) is 16.2. The third-order valence-electron chi connectivity index (χ3n) is 4.46. The molecule has 0 saturated carbocycles. The Morgan fingerprint density at radius 2 is 2.04 bits per heavy atom. The molecule has 1 aromatic carbocycles. The second-order valence-electron chi connectivity index (χ2n) is 6.59. The van der Waals surface area contributed by atoms with Gasteiger partial charge < -0.3 is 9.67 Å². The van der Waals surface area contributed by atoms with E-state index in [2.05, 4.69) is 5.10 Å². The van der Waals surface area contributed by atoms with Crippen molar-refractivity contribution in [2.75, 3.05) is 25.2 Å². The Morgan fingerprint density at radius 3 is 2.56 bits per heavy atom. The highest BCUT2D eigenvalue weighted by Crippen LogP contribution is 2.29. The Morgan fingerprint density at radius 1 is 1.37 bits per heavy atom. The summed E-state index contributed by atoms with van der Waals surface area (Å²) in [5.74, 6) is -0.383. The summed E-state index contributed by atoms with van der Waals surface area (Å²) in [6, 6.07) is 2.79. The molecule has 0 fully saturated rings. The van der Waals surface area contributed by atoms with Crippen LogP contribution in [0.4, 0.5) is 10.1 Å². The molecule has 146 valence electrons. The van der Waals surface area contributed by atoms with Gasteiger partial charge in [0.1, 0.15) is 12.4 Å². The quantitative estimate of drug-likeness (QED) is 0.362. The Kier molecular flexibility index (Phi) is 6.32. The van der Waals surface area contributed by atoms with E-state index in [0.717, 1.165) is 5.56 Å². The second-order valence-corrected chi connectivity index (χ2v) is 6.59. The average Bonchev–Trinajstić information content (AvgIpc) is 2.64. The topological polar surface area (TPSA) is 78.1 Å². The maximum atomic E-state index is 14.7. The number of aliphatic hydroxyl groups excluding tert-OH is 1. The lowest BCUT2D eigenvalue weighted by Gasteiger charge is -2.21. The highest BCUT2D eigenvalue weighted by atomic mass is 19.1. The van der Waals surface area contributed by atoms with E-state index in [1.54, 1.807) is 26.2 Å². The van der Waals surface area contributed by atoms with Crippen molar-refractivity contribution >= 4 is 28.7 Å². The second kappa shape index (κ2) is 8.30. The van der Waals surface area contributed by atoms with Gasteiger partial charge in [-0.15, -0.1) is 0 Å². The van der Waals surface area contributed by atoms with Gasteiger partial charge in [0, 0.05) is 26.8 Å². The number of aryl methyl sites for hydroxylation is 1. The standard InChI is InChI=1S/C19H25FN4O3/c1-6-24(11-26)18(10-25)21-23(5)17-8-13-14(7-16(17)20)19(27)22(4)9-15(13)12(2)3/h7-9,11-12,25H,6,10H2,1-5H3/b21-18-. The molecule has 1 heterocycles. The molecule has 1 amide bonds. The molecule has 0 spiro atoms. The molecule has 2 aromatic rings. The minimum absolute atomic E-state index is 0.0996. The van der Waals surface area contributed by atoms with Gasteiger partial charge in [-0.3, -0.25) is 19.5 Å². The predicted molar refractivity (Wildman–Crippen MR) is 105 cm³/mol. The monoisotopic (exact) mass is 376 g/mol. The summed E-state index contributed by atoms with van der Waals surface area (Å²) in [5.41, 5.74) is 0.780. The summed E-state index contributed by atoms with van der Waals surface area (Å²) < 4.78 is 16.2. The van der Waals surface area contributed by atoms with Gasteiger partial charge in [0.2, 0.25) is 6.41 Å². The van der Waals surface area contributed by atoms with Crippen LogP contribution in [0.1, 0.15) is 32.3 Å². The van der Waals surface area contributed by atoms with Crippen molar-refractivity contribution in [2.24, 2.45) is 12.1 Å². The molecular formula is C19H25FN4O3. The van der Waals surface area contributed by atoms with Gasteiger partial charge in [-0.25, -0.2) is 4.39 Å². The molecule has 1 aromatic heterocycles. The highest BCUT2D eigenvalue weighted by molar-refractivity contribution is 5.93. The van der Waals surface area contributed by atoms with Crippen molar-refractivity contribution in [3.05, 3.63) is 40.1 Å². The number of pyridine rings is 1. The highest BCUT2D eigenvalue weighted by Gasteiger charge is 2.17. The van der Waals surface area contributed by atoms with Crippen LogP contribution in [0.5, 0.6) is 0 Å². The van der Waals surface area contributed by atoms with Gasteiger partial charge >= 0.3 is 0 Å². The minimum atomic E-state index is -0.613. The molecular weight excluding hydrogens is 351 g/mol. The number of fused-ring (bicyclic) bond motifs is 1. The third kappa shape index (κ3) is 4.00. The lowest BCUT2D eigenvalue weighted by atomic mass is 9.98. The summed E-state index contributed by atoms with van der Waals surface area (Å²) in [7, 11) is 3.16. The Labute approximate surface area is 157 Å².